The van der Waals surface area contributed by atoms with Crippen LogP contribution in [0.25, 0.3) is 6.08 Å². The van der Waals surface area contributed by atoms with Crippen molar-refractivity contribution >= 4 is 51.9 Å². The fraction of sp³-hybridized carbons (Fsp3) is 0.0870. The highest BCUT2D eigenvalue weighted by Gasteiger charge is 2.35. The van der Waals surface area contributed by atoms with Crippen LogP contribution in [-0.2, 0) is 11.3 Å². The number of thiophene rings is 1. The van der Waals surface area contributed by atoms with Gasteiger partial charge in [0.1, 0.15) is 5.75 Å². The number of nitrogens with zero attached hydrogens (tertiary/aromatic N) is 1. The number of para-hydroxylation sites is 2. The van der Waals surface area contributed by atoms with E-state index in [1.54, 1.807) is 49.6 Å². The minimum absolute atomic E-state index is 0.154. The van der Waals surface area contributed by atoms with Gasteiger partial charge in [-0.1, -0.05) is 30.3 Å². The number of carbonyl (C=O) groups is 3. The third-order valence-electron chi connectivity index (χ3n) is 4.60. The van der Waals surface area contributed by atoms with Gasteiger partial charge in [-0.05, 0) is 59.1 Å². The predicted octanol–water partition coefficient (Wildman–Crippen LogP) is 5.25. The third kappa shape index (κ3) is 4.70. The summed E-state index contributed by atoms with van der Waals surface area (Å²) in [5.41, 5.74) is 1.80. The van der Waals surface area contributed by atoms with Gasteiger partial charge in [0, 0.05) is 10.4 Å². The van der Waals surface area contributed by atoms with Crippen LogP contribution in [0.3, 0.4) is 0 Å². The van der Waals surface area contributed by atoms with Gasteiger partial charge in [0.05, 0.1) is 24.2 Å². The van der Waals surface area contributed by atoms with Crippen LogP contribution in [0.2, 0.25) is 0 Å². The molecule has 156 valence electrons. The standard InChI is InChI=1S/C23H18N2O4S2/c1-29-19-7-3-2-6-18(19)24-21(26)16-10-8-15(9-11-16)14-25-22(27)20(31-23(25)28)13-17-5-4-12-30-17/h2-13H,14H2,1H3,(H,24,26)/b20-13-. The maximum absolute atomic E-state index is 12.6. The number of rotatable bonds is 6. The number of ether oxygens (including phenoxy) is 1. The Morgan fingerprint density at radius 2 is 1.84 bits per heavy atom. The Morgan fingerprint density at radius 3 is 2.55 bits per heavy atom. The van der Waals surface area contributed by atoms with Crippen molar-refractivity contribution in [2.24, 2.45) is 0 Å². The molecule has 0 atom stereocenters. The van der Waals surface area contributed by atoms with Crippen LogP contribution in [0, 0.1) is 0 Å². The first-order valence-corrected chi connectivity index (χ1v) is 11.1. The number of carbonyl (C=O) groups excluding carboxylic acids is 3. The normalized spacial score (nSPS) is 14.9. The molecule has 1 aromatic heterocycles. The summed E-state index contributed by atoms with van der Waals surface area (Å²) in [4.78, 5) is 40.1. The first-order valence-electron chi connectivity index (χ1n) is 9.37. The van der Waals surface area contributed by atoms with E-state index in [0.717, 1.165) is 22.2 Å². The second kappa shape index (κ2) is 9.20. The minimum atomic E-state index is -0.304. The molecule has 0 saturated carbocycles. The van der Waals surface area contributed by atoms with Gasteiger partial charge < -0.3 is 10.1 Å². The van der Waals surface area contributed by atoms with E-state index in [9.17, 15) is 14.4 Å². The molecule has 0 unspecified atom stereocenters. The Morgan fingerprint density at radius 1 is 1.06 bits per heavy atom. The maximum atomic E-state index is 12.6. The first-order chi connectivity index (χ1) is 15.0. The van der Waals surface area contributed by atoms with Crippen LogP contribution in [0.1, 0.15) is 20.8 Å². The molecule has 6 nitrogen and oxygen atoms in total. The second-order valence-electron chi connectivity index (χ2n) is 6.63. The van der Waals surface area contributed by atoms with Crippen LogP contribution in [0.5, 0.6) is 5.75 Å². The van der Waals surface area contributed by atoms with Crippen molar-refractivity contribution in [1.82, 2.24) is 4.90 Å². The van der Waals surface area contributed by atoms with Crippen molar-refractivity contribution in [2.45, 2.75) is 6.54 Å². The number of amides is 3. The molecule has 2 aromatic carbocycles. The zero-order valence-corrected chi connectivity index (χ0v) is 18.2. The van der Waals surface area contributed by atoms with Gasteiger partial charge in [0.25, 0.3) is 17.1 Å². The lowest BCUT2D eigenvalue weighted by Gasteiger charge is -2.13. The van der Waals surface area contributed by atoms with Gasteiger partial charge in [-0.25, -0.2) is 0 Å². The number of anilines is 1. The average molecular weight is 451 g/mol. The lowest BCUT2D eigenvalue weighted by Crippen LogP contribution is -2.27. The number of nitrogens with one attached hydrogen (secondary N) is 1. The van der Waals surface area contributed by atoms with Crippen molar-refractivity contribution in [2.75, 3.05) is 12.4 Å². The molecule has 8 heteroatoms. The summed E-state index contributed by atoms with van der Waals surface area (Å²) in [5, 5.41) is 4.44. The molecule has 0 radical (unpaired) electrons. The molecule has 0 spiro atoms. The van der Waals surface area contributed by atoms with Gasteiger partial charge in [-0.2, -0.15) is 0 Å². The Bertz CT molecular complexity index is 1150. The molecule has 1 fully saturated rings. The summed E-state index contributed by atoms with van der Waals surface area (Å²) < 4.78 is 5.25. The Kier molecular flexibility index (Phi) is 6.20. The lowest BCUT2D eigenvalue weighted by molar-refractivity contribution is -0.123. The number of methoxy groups -OCH3 is 1. The highest BCUT2D eigenvalue weighted by Crippen LogP contribution is 2.34. The Labute approximate surface area is 187 Å². The fourth-order valence-electron chi connectivity index (χ4n) is 3.03. The quantitative estimate of drug-likeness (QED) is 0.520. The molecular formula is C23H18N2O4S2. The van der Waals surface area contributed by atoms with Crippen LogP contribution < -0.4 is 10.1 Å². The molecule has 0 aliphatic carbocycles. The largest absolute Gasteiger partial charge is 0.495 e. The van der Waals surface area contributed by atoms with Gasteiger partial charge in [-0.15, -0.1) is 11.3 Å². The SMILES string of the molecule is COc1ccccc1NC(=O)c1ccc(CN2C(=O)S/C(=C\c3cccs3)C2=O)cc1. The van der Waals surface area contributed by atoms with E-state index in [0.29, 0.717) is 21.9 Å². The van der Waals surface area contributed by atoms with Crippen molar-refractivity contribution < 1.29 is 19.1 Å². The number of imide groups is 1. The summed E-state index contributed by atoms with van der Waals surface area (Å²) in [6.07, 6.45) is 1.74. The van der Waals surface area contributed by atoms with Crippen LogP contribution in [-0.4, -0.2) is 29.1 Å². The van der Waals surface area contributed by atoms with Crippen molar-refractivity contribution in [1.29, 1.82) is 0 Å². The third-order valence-corrected chi connectivity index (χ3v) is 6.33. The highest BCUT2D eigenvalue weighted by atomic mass is 32.2. The highest BCUT2D eigenvalue weighted by molar-refractivity contribution is 8.18. The van der Waals surface area contributed by atoms with Crippen molar-refractivity contribution in [3.63, 3.8) is 0 Å². The van der Waals surface area contributed by atoms with Gasteiger partial charge >= 0.3 is 0 Å². The number of hydrogen-bond acceptors (Lipinski definition) is 6. The van der Waals surface area contributed by atoms with Gasteiger partial charge in [0.15, 0.2) is 0 Å². The van der Waals surface area contributed by atoms with Crippen LogP contribution in [0.4, 0.5) is 10.5 Å². The maximum Gasteiger partial charge on any atom is 0.293 e. The predicted molar refractivity (Wildman–Crippen MR) is 123 cm³/mol. The second-order valence-corrected chi connectivity index (χ2v) is 8.61. The molecule has 0 bridgehead atoms. The molecule has 2 heterocycles. The van der Waals surface area contributed by atoms with E-state index < -0.39 is 0 Å². The van der Waals surface area contributed by atoms with Crippen molar-refractivity contribution in [3.8, 4) is 5.75 Å². The first kappa shape index (κ1) is 20.9. The summed E-state index contributed by atoms with van der Waals surface area (Å²) >= 11 is 2.45. The summed E-state index contributed by atoms with van der Waals surface area (Å²) in [7, 11) is 1.54. The number of thioether (sulfide) groups is 1. The average Bonchev–Trinajstić information content (AvgIpc) is 3.38. The van der Waals surface area contributed by atoms with Gasteiger partial charge in [0.2, 0.25) is 0 Å². The van der Waals surface area contributed by atoms with E-state index in [4.69, 9.17) is 4.74 Å². The number of benzene rings is 2. The zero-order valence-electron chi connectivity index (χ0n) is 16.5. The molecule has 31 heavy (non-hydrogen) atoms. The topological polar surface area (TPSA) is 75.7 Å². The Balaban J connectivity index is 1.43. The molecule has 1 N–H and O–H groups in total. The Hall–Kier alpha value is -3.36. The van der Waals surface area contributed by atoms with Crippen LogP contribution in [0.15, 0.2) is 70.9 Å². The molecular weight excluding hydrogens is 432 g/mol. The smallest absolute Gasteiger partial charge is 0.293 e. The molecule has 1 saturated heterocycles. The van der Waals surface area contributed by atoms with Crippen LogP contribution >= 0.6 is 23.1 Å². The summed E-state index contributed by atoms with van der Waals surface area (Å²) in [5.74, 6) is -0.00933. The molecule has 1 aliphatic rings. The van der Waals surface area contributed by atoms with Gasteiger partial charge in [-0.3, -0.25) is 19.3 Å². The molecule has 1 aliphatic heterocycles. The molecule has 3 aromatic rings. The monoisotopic (exact) mass is 450 g/mol. The van der Waals surface area contributed by atoms with E-state index >= 15 is 0 Å². The summed E-state index contributed by atoms with van der Waals surface area (Å²) in [6.45, 7) is 0.154. The number of hydrogen-bond donors (Lipinski definition) is 1. The van der Waals surface area contributed by atoms with E-state index in [-0.39, 0.29) is 23.6 Å². The van der Waals surface area contributed by atoms with E-state index in [2.05, 4.69) is 5.32 Å². The lowest BCUT2D eigenvalue weighted by atomic mass is 10.1. The van der Waals surface area contributed by atoms with Crippen molar-refractivity contribution in [3.05, 3.63) is 87.0 Å². The molecule has 3 amide bonds. The summed E-state index contributed by atoms with van der Waals surface area (Å²) in [6, 6.07) is 17.8. The fourth-order valence-corrected chi connectivity index (χ4v) is 4.59. The molecule has 4 rings (SSSR count). The van der Waals surface area contributed by atoms with E-state index in [1.807, 2.05) is 29.6 Å². The van der Waals surface area contributed by atoms with E-state index in [1.165, 1.54) is 16.2 Å². The zero-order chi connectivity index (χ0) is 21.8. The minimum Gasteiger partial charge on any atom is -0.495 e.